The Kier molecular flexibility index (Phi) is 8.11. The molecule has 9 heteroatoms. The average Bonchev–Trinajstić information content (AvgIpc) is 2.52. The van der Waals surface area contributed by atoms with Crippen molar-refractivity contribution < 1.29 is 27.9 Å². The second-order valence-corrected chi connectivity index (χ2v) is 8.47. The minimum Gasteiger partial charge on any atom is -0.480 e. The Morgan fingerprint density at radius 2 is 1.92 bits per heavy atom. The molecular weight excluding hydrogens is 336 g/mol. The fourth-order valence-electron chi connectivity index (χ4n) is 2.94. The second kappa shape index (κ2) is 9.33. The number of methoxy groups -OCH3 is 1. The summed E-state index contributed by atoms with van der Waals surface area (Å²) in [6.07, 6.45) is 1.13. The molecule has 0 aromatic heterocycles. The first-order chi connectivity index (χ1) is 11.2. The summed E-state index contributed by atoms with van der Waals surface area (Å²) in [5, 5.41) is 9.10. The Hall–Kier alpha value is -1.19. The van der Waals surface area contributed by atoms with E-state index in [1.165, 1.54) is 9.21 Å². The summed E-state index contributed by atoms with van der Waals surface area (Å²) in [6, 6.07) is -0.244. The molecule has 1 aliphatic rings. The molecule has 24 heavy (non-hydrogen) atoms. The zero-order valence-electron chi connectivity index (χ0n) is 14.6. The number of amides is 1. The number of piperidine rings is 1. The van der Waals surface area contributed by atoms with Crippen LogP contribution >= 0.6 is 0 Å². The number of carbonyl (C=O) groups is 2. The number of aliphatic carboxylic acids is 1. The van der Waals surface area contributed by atoms with E-state index >= 15 is 0 Å². The molecule has 0 spiro atoms. The van der Waals surface area contributed by atoms with Crippen molar-refractivity contribution in [3.8, 4) is 0 Å². The lowest BCUT2D eigenvalue weighted by atomic mass is 10.0. The number of sulfonamides is 1. The molecule has 0 aromatic rings. The van der Waals surface area contributed by atoms with E-state index in [9.17, 15) is 18.0 Å². The van der Waals surface area contributed by atoms with Crippen LogP contribution in [0.15, 0.2) is 0 Å². The number of carbonyl (C=O) groups excluding carboxylic acids is 1. The summed E-state index contributed by atoms with van der Waals surface area (Å²) >= 11 is 0. The average molecular weight is 364 g/mol. The predicted molar refractivity (Wildman–Crippen MR) is 89.1 cm³/mol. The Labute approximate surface area is 143 Å². The maximum atomic E-state index is 12.5. The number of ether oxygens (including phenoxy) is 1. The van der Waals surface area contributed by atoms with Crippen LogP contribution in [0.1, 0.15) is 33.1 Å². The van der Waals surface area contributed by atoms with Gasteiger partial charge in [0.25, 0.3) is 0 Å². The van der Waals surface area contributed by atoms with E-state index in [0.29, 0.717) is 32.5 Å². The van der Waals surface area contributed by atoms with Crippen LogP contribution in [0.25, 0.3) is 0 Å². The third-order valence-corrected chi connectivity index (χ3v) is 6.10. The van der Waals surface area contributed by atoms with Gasteiger partial charge in [-0.15, -0.1) is 0 Å². The van der Waals surface area contributed by atoms with E-state index in [2.05, 4.69) is 0 Å². The summed E-state index contributed by atoms with van der Waals surface area (Å²) < 4.78 is 30.2. The fourth-order valence-corrected chi connectivity index (χ4v) is 4.07. The molecule has 1 unspecified atom stereocenters. The molecule has 1 heterocycles. The van der Waals surface area contributed by atoms with Gasteiger partial charge in [0, 0.05) is 39.3 Å². The van der Waals surface area contributed by atoms with Gasteiger partial charge < -0.3 is 14.7 Å². The Morgan fingerprint density at radius 3 is 2.38 bits per heavy atom. The van der Waals surface area contributed by atoms with Crippen molar-refractivity contribution in [3.05, 3.63) is 0 Å². The van der Waals surface area contributed by atoms with E-state index in [1.807, 2.05) is 6.92 Å². The van der Waals surface area contributed by atoms with E-state index in [-0.39, 0.29) is 36.6 Å². The third kappa shape index (κ3) is 6.03. The maximum Gasteiger partial charge on any atom is 0.323 e. The third-order valence-electron chi connectivity index (χ3n) is 4.22. The van der Waals surface area contributed by atoms with Crippen LogP contribution in [0.2, 0.25) is 0 Å². The van der Waals surface area contributed by atoms with Crippen molar-refractivity contribution in [1.82, 2.24) is 9.21 Å². The van der Waals surface area contributed by atoms with Gasteiger partial charge in [0.1, 0.15) is 6.54 Å². The first-order valence-electron chi connectivity index (χ1n) is 8.19. The van der Waals surface area contributed by atoms with E-state index in [4.69, 9.17) is 9.84 Å². The molecular formula is C15H28N2O6S. The highest BCUT2D eigenvalue weighted by Gasteiger charge is 2.33. The Balaban J connectivity index is 2.73. The molecule has 1 saturated heterocycles. The highest BCUT2D eigenvalue weighted by atomic mass is 32.2. The van der Waals surface area contributed by atoms with Crippen LogP contribution in [-0.4, -0.2) is 79.8 Å². The largest absolute Gasteiger partial charge is 0.480 e. The first-order valence-corrected chi connectivity index (χ1v) is 9.80. The molecule has 0 radical (unpaired) electrons. The molecule has 1 rings (SSSR count). The highest BCUT2D eigenvalue weighted by molar-refractivity contribution is 7.89. The quantitative estimate of drug-likeness (QED) is 0.634. The van der Waals surface area contributed by atoms with Crippen LogP contribution in [0.4, 0.5) is 0 Å². The summed E-state index contributed by atoms with van der Waals surface area (Å²) in [5.74, 6) is -1.24. The van der Waals surface area contributed by atoms with Crippen molar-refractivity contribution in [2.24, 2.45) is 5.92 Å². The van der Waals surface area contributed by atoms with Crippen molar-refractivity contribution in [2.45, 2.75) is 39.2 Å². The summed E-state index contributed by atoms with van der Waals surface area (Å²) in [6.45, 7) is 4.18. The summed E-state index contributed by atoms with van der Waals surface area (Å²) in [7, 11) is -1.69. The number of rotatable bonds is 9. The van der Waals surface area contributed by atoms with Gasteiger partial charge in [-0.05, 0) is 25.7 Å². The lowest BCUT2D eigenvalue weighted by Gasteiger charge is -2.37. The molecule has 1 amide bonds. The molecule has 0 bridgehead atoms. The number of hydrogen-bond donors (Lipinski definition) is 1. The van der Waals surface area contributed by atoms with Crippen molar-refractivity contribution >= 4 is 21.9 Å². The predicted octanol–water partition coefficient (Wildman–Crippen LogP) is 0.386. The van der Waals surface area contributed by atoms with E-state index in [1.54, 1.807) is 14.0 Å². The smallest absolute Gasteiger partial charge is 0.323 e. The number of hydrogen-bond acceptors (Lipinski definition) is 5. The topological polar surface area (TPSA) is 104 Å². The molecule has 0 aliphatic carbocycles. The van der Waals surface area contributed by atoms with Crippen LogP contribution in [-0.2, 0) is 24.3 Å². The fraction of sp³-hybridized carbons (Fsp3) is 0.867. The minimum atomic E-state index is -3.24. The van der Waals surface area contributed by atoms with Gasteiger partial charge in [-0.3, -0.25) is 9.59 Å². The monoisotopic (exact) mass is 364 g/mol. The van der Waals surface area contributed by atoms with Crippen molar-refractivity contribution in [1.29, 1.82) is 0 Å². The van der Waals surface area contributed by atoms with Gasteiger partial charge in [0.05, 0.1) is 5.75 Å². The van der Waals surface area contributed by atoms with Gasteiger partial charge in [-0.2, -0.15) is 0 Å². The van der Waals surface area contributed by atoms with Crippen LogP contribution in [0.5, 0.6) is 0 Å². The number of carboxylic acids is 1. The van der Waals surface area contributed by atoms with Crippen LogP contribution in [0.3, 0.4) is 0 Å². The lowest BCUT2D eigenvalue weighted by Crippen LogP contribution is -2.50. The SMILES string of the molecule is CCS(=O)(=O)N1CCC(N(CC(=O)O)C(=O)CC(C)COC)CC1. The maximum absolute atomic E-state index is 12.5. The van der Waals surface area contributed by atoms with Gasteiger partial charge >= 0.3 is 5.97 Å². The molecule has 1 aliphatic heterocycles. The Bertz CT molecular complexity index is 528. The van der Waals surface area contributed by atoms with Crippen LogP contribution < -0.4 is 0 Å². The molecule has 1 atom stereocenters. The van der Waals surface area contributed by atoms with Gasteiger partial charge in [0.15, 0.2) is 0 Å². The lowest BCUT2D eigenvalue weighted by molar-refractivity contribution is -0.147. The first kappa shape index (κ1) is 20.9. The van der Waals surface area contributed by atoms with E-state index < -0.39 is 16.0 Å². The van der Waals surface area contributed by atoms with Crippen molar-refractivity contribution in [3.63, 3.8) is 0 Å². The molecule has 1 N–H and O–H groups in total. The summed E-state index contributed by atoms with van der Waals surface area (Å²) in [4.78, 5) is 25.0. The molecule has 1 fully saturated rings. The molecule has 0 aromatic carbocycles. The normalized spacial score (nSPS) is 18.3. The number of carboxylic acid groups (broad SMARTS) is 1. The van der Waals surface area contributed by atoms with E-state index in [0.717, 1.165) is 0 Å². The van der Waals surface area contributed by atoms with Gasteiger partial charge in [0.2, 0.25) is 15.9 Å². The zero-order chi connectivity index (χ0) is 18.3. The molecule has 0 saturated carbocycles. The zero-order valence-corrected chi connectivity index (χ0v) is 15.4. The standard InChI is InChI=1S/C15H28N2O6S/c1-4-24(21,22)16-7-5-13(6-8-16)17(10-15(19)20)14(18)9-12(2)11-23-3/h12-13H,4-11H2,1-3H3,(H,19,20). The Morgan fingerprint density at radius 1 is 1.33 bits per heavy atom. The van der Waals surface area contributed by atoms with Gasteiger partial charge in [-0.1, -0.05) is 6.92 Å². The minimum absolute atomic E-state index is 0.000599. The molecule has 8 nitrogen and oxygen atoms in total. The highest BCUT2D eigenvalue weighted by Crippen LogP contribution is 2.21. The summed E-state index contributed by atoms with van der Waals surface area (Å²) in [5.41, 5.74) is 0. The molecule has 140 valence electrons. The van der Waals surface area contributed by atoms with Gasteiger partial charge in [-0.25, -0.2) is 12.7 Å². The number of nitrogens with zero attached hydrogens (tertiary/aromatic N) is 2. The van der Waals surface area contributed by atoms with Crippen LogP contribution in [0, 0.1) is 5.92 Å². The van der Waals surface area contributed by atoms with Crippen molar-refractivity contribution in [2.75, 3.05) is 39.1 Å². The second-order valence-electron chi connectivity index (χ2n) is 6.21.